The van der Waals surface area contributed by atoms with Crippen LogP contribution in [-0.2, 0) is 13.0 Å². The lowest BCUT2D eigenvalue weighted by Gasteiger charge is -2.06. The van der Waals surface area contributed by atoms with Gasteiger partial charge in [0.15, 0.2) is 0 Å². The number of thiophene rings is 1. The summed E-state index contributed by atoms with van der Waals surface area (Å²) in [5.74, 6) is 0.517. The molecule has 1 aliphatic rings. The van der Waals surface area contributed by atoms with Crippen molar-refractivity contribution in [2.24, 2.45) is 5.92 Å². The fourth-order valence-electron chi connectivity index (χ4n) is 2.15. The number of hydrogen-bond donors (Lipinski definition) is 1. The summed E-state index contributed by atoms with van der Waals surface area (Å²) in [6, 6.07) is 6.32. The van der Waals surface area contributed by atoms with Crippen LogP contribution in [0, 0.1) is 5.92 Å². The molecule has 1 atom stereocenters. The molecule has 90 valence electrons. The Labute approximate surface area is 106 Å². The molecule has 1 fully saturated rings. The Balaban J connectivity index is 1.60. The van der Waals surface area contributed by atoms with Gasteiger partial charge in [0.05, 0.1) is 6.10 Å². The third-order valence-electron chi connectivity index (χ3n) is 3.38. The van der Waals surface area contributed by atoms with Gasteiger partial charge in [-0.25, -0.2) is 0 Å². The van der Waals surface area contributed by atoms with Gasteiger partial charge >= 0.3 is 0 Å². The highest BCUT2D eigenvalue weighted by Crippen LogP contribution is 2.40. The fourth-order valence-corrected chi connectivity index (χ4v) is 2.85. The quantitative estimate of drug-likeness (QED) is 0.862. The van der Waals surface area contributed by atoms with E-state index in [2.05, 4.69) is 40.5 Å². The smallest absolute Gasteiger partial charge is 0.0832 e. The first-order valence-corrected chi connectivity index (χ1v) is 7.07. The van der Waals surface area contributed by atoms with Gasteiger partial charge in [0, 0.05) is 23.8 Å². The summed E-state index contributed by atoms with van der Waals surface area (Å²) in [5, 5.41) is 12.1. The van der Waals surface area contributed by atoms with E-state index < -0.39 is 0 Å². The summed E-state index contributed by atoms with van der Waals surface area (Å²) in [6.07, 6.45) is 7.37. The van der Waals surface area contributed by atoms with Crippen LogP contribution >= 0.6 is 11.3 Å². The van der Waals surface area contributed by atoms with Crippen LogP contribution in [0.15, 0.2) is 36.0 Å². The van der Waals surface area contributed by atoms with E-state index in [0.717, 1.165) is 18.5 Å². The van der Waals surface area contributed by atoms with E-state index in [9.17, 15) is 5.11 Å². The molecule has 3 heteroatoms. The van der Waals surface area contributed by atoms with Crippen molar-refractivity contribution >= 4 is 11.3 Å². The Kier molecular flexibility index (Phi) is 3.04. The minimum Gasteiger partial charge on any atom is -0.388 e. The molecule has 0 aromatic carbocycles. The van der Waals surface area contributed by atoms with Crippen molar-refractivity contribution in [1.29, 1.82) is 0 Å². The van der Waals surface area contributed by atoms with E-state index in [1.54, 1.807) is 0 Å². The van der Waals surface area contributed by atoms with Crippen LogP contribution in [0.1, 0.15) is 29.4 Å². The first-order valence-electron chi connectivity index (χ1n) is 6.19. The molecule has 0 radical (unpaired) electrons. The molecular weight excluding hydrogens is 230 g/mol. The molecule has 0 saturated heterocycles. The molecular formula is C14H17NOS. The van der Waals surface area contributed by atoms with Gasteiger partial charge in [0.25, 0.3) is 0 Å². The van der Waals surface area contributed by atoms with Gasteiger partial charge < -0.3 is 9.67 Å². The number of rotatable bonds is 5. The summed E-state index contributed by atoms with van der Waals surface area (Å²) in [5.41, 5.74) is 1.08. The first kappa shape index (κ1) is 11.1. The second kappa shape index (κ2) is 4.67. The molecule has 1 aliphatic carbocycles. The first-order chi connectivity index (χ1) is 8.33. The summed E-state index contributed by atoms with van der Waals surface area (Å²) in [7, 11) is 0. The van der Waals surface area contributed by atoms with E-state index in [1.807, 2.05) is 11.3 Å². The molecule has 0 spiro atoms. The van der Waals surface area contributed by atoms with Crippen LogP contribution in [0.2, 0.25) is 0 Å². The van der Waals surface area contributed by atoms with Crippen molar-refractivity contribution in [3.05, 3.63) is 46.4 Å². The van der Waals surface area contributed by atoms with Crippen molar-refractivity contribution in [3.8, 4) is 0 Å². The highest BCUT2D eigenvalue weighted by Gasteiger charge is 2.31. The zero-order valence-corrected chi connectivity index (χ0v) is 10.6. The molecule has 2 aromatic rings. The average molecular weight is 247 g/mol. The van der Waals surface area contributed by atoms with Crippen LogP contribution in [0.3, 0.4) is 0 Å². The summed E-state index contributed by atoms with van der Waals surface area (Å²) in [6.45, 7) is 0.998. The van der Waals surface area contributed by atoms with E-state index in [0.29, 0.717) is 5.92 Å². The Morgan fingerprint density at radius 2 is 2.29 bits per heavy atom. The highest BCUT2D eigenvalue weighted by molar-refractivity contribution is 7.09. The van der Waals surface area contributed by atoms with Crippen molar-refractivity contribution in [2.45, 2.75) is 31.9 Å². The zero-order valence-electron chi connectivity index (χ0n) is 9.75. The van der Waals surface area contributed by atoms with Gasteiger partial charge in [0.1, 0.15) is 0 Å². The molecule has 2 heterocycles. The number of aliphatic hydroxyl groups is 1. The molecule has 1 N–H and O–H groups in total. The van der Waals surface area contributed by atoms with Crippen LogP contribution in [0.4, 0.5) is 0 Å². The molecule has 1 saturated carbocycles. The summed E-state index contributed by atoms with van der Waals surface area (Å²) < 4.78 is 2.18. The van der Waals surface area contributed by atoms with E-state index in [-0.39, 0.29) is 6.10 Å². The Bertz CT molecular complexity index is 470. The lowest BCUT2D eigenvalue weighted by atomic mass is 10.1. The number of nitrogens with zero attached hydrogens (tertiary/aromatic N) is 1. The molecule has 3 rings (SSSR count). The standard InChI is InChI=1S/C14H17NOS/c16-14(11-3-4-11)12-5-7-15(10-12)8-6-13-2-1-9-17-13/h1-2,5,7,9-11,14,16H,3-4,6,8H2. The van der Waals surface area contributed by atoms with Crippen molar-refractivity contribution in [2.75, 3.05) is 0 Å². The van der Waals surface area contributed by atoms with Gasteiger partial charge in [-0.2, -0.15) is 0 Å². The Morgan fingerprint density at radius 1 is 1.41 bits per heavy atom. The maximum atomic E-state index is 10.0. The molecule has 17 heavy (non-hydrogen) atoms. The second-order valence-electron chi connectivity index (χ2n) is 4.79. The second-order valence-corrected chi connectivity index (χ2v) is 5.83. The van der Waals surface area contributed by atoms with Crippen LogP contribution in [0.5, 0.6) is 0 Å². The minimum atomic E-state index is -0.238. The molecule has 1 unspecified atom stereocenters. The SMILES string of the molecule is OC(c1ccn(CCc2cccs2)c1)C1CC1. The molecule has 0 amide bonds. The normalized spacial score (nSPS) is 17.2. The predicted octanol–water partition coefficient (Wildman–Crippen LogP) is 3.24. The topological polar surface area (TPSA) is 25.2 Å². The third-order valence-corrected chi connectivity index (χ3v) is 4.32. The third kappa shape index (κ3) is 2.61. The number of aliphatic hydroxyl groups excluding tert-OH is 1. The van der Waals surface area contributed by atoms with Crippen LogP contribution < -0.4 is 0 Å². The number of hydrogen-bond acceptors (Lipinski definition) is 2. The Hall–Kier alpha value is -1.06. The van der Waals surface area contributed by atoms with Gasteiger partial charge in [-0.15, -0.1) is 11.3 Å². The minimum absolute atomic E-state index is 0.238. The van der Waals surface area contributed by atoms with E-state index >= 15 is 0 Å². The number of aromatic nitrogens is 1. The van der Waals surface area contributed by atoms with Crippen LogP contribution in [-0.4, -0.2) is 9.67 Å². The molecule has 0 bridgehead atoms. The Morgan fingerprint density at radius 3 is 3.00 bits per heavy atom. The van der Waals surface area contributed by atoms with Crippen molar-refractivity contribution < 1.29 is 5.11 Å². The molecule has 2 nitrogen and oxygen atoms in total. The zero-order chi connectivity index (χ0) is 11.7. The summed E-state index contributed by atoms with van der Waals surface area (Å²) in [4.78, 5) is 1.42. The van der Waals surface area contributed by atoms with E-state index in [1.165, 1.54) is 17.7 Å². The summed E-state index contributed by atoms with van der Waals surface area (Å²) >= 11 is 1.81. The molecule has 0 aliphatic heterocycles. The van der Waals surface area contributed by atoms with Crippen molar-refractivity contribution in [3.63, 3.8) is 0 Å². The maximum Gasteiger partial charge on any atom is 0.0832 e. The number of aryl methyl sites for hydroxylation is 2. The maximum absolute atomic E-state index is 10.0. The monoisotopic (exact) mass is 247 g/mol. The predicted molar refractivity (Wildman–Crippen MR) is 70.1 cm³/mol. The van der Waals surface area contributed by atoms with Gasteiger partial charge in [-0.1, -0.05) is 6.07 Å². The van der Waals surface area contributed by atoms with Gasteiger partial charge in [0.2, 0.25) is 0 Å². The highest BCUT2D eigenvalue weighted by atomic mass is 32.1. The van der Waals surface area contributed by atoms with Gasteiger partial charge in [-0.3, -0.25) is 0 Å². The largest absolute Gasteiger partial charge is 0.388 e. The van der Waals surface area contributed by atoms with Crippen LogP contribution in [0.25, 0.3) is 0 Å². The molecule has 2 aromatic heterocycles. The average Bonchev–Trinajstić information content (AvgIpc) is 2.88. The van der Waals surface area contributed by atoms with Gasteiger partial charge in [-0.05, 0) is 48.3 Å². The lowest BCUT2D eigenvalue weighted by molar-refractivity contribution is 0.154. The van der Waals surface area contributed by atoms with Crippen molar-refractivity contribution in [1.82, 2.24) is 4.57 Å². The van der Waals surface area contributed by atoms with E-state index in [4.69, 9.17) is 0 Å². The fraction of sp³-hybridized carbons (Fsp3) is 0.429. The lowest BCUT2D eigenvalue weighted by Crippen LogP contribution is -2.00.